The highest BCUT2D eigenvalue weighted by Crippen LogP contribution is 2.56. The van der Waals surface area contributed by atoms with Crippen molar-refractivity contribution in [3.63, 3.8) is 0 Å². The minimum absolute atomic E-state index is 0.0561. The maximum absolute atomic E-state index is 12.6. The van der Waals surface area contributed by atoms with E-state index in [2.05, 4.69) is 4.98 Å². The van der Waals surface area contributed by atoms with Crippen LogP contribution < -0.4 is 4.90 Å². The molecule has 3 atom stereocenters. The van der Waals surface area contributed by atoms with Crippen LogP contribution in [-0.2, 0) is 38.2 Å². The second-order valence-electron chi connectivity index (χ2n) is 7.16. The Labute approximate surface area is 179 Å². The van der Waals surface area contributed by atoms with Gasteiger partial charge < -0.3 is 23.9 Å². The summed E-state index contributed by atoms with van der Waals surface area (Å²) in [4.78, 5) is 60.6. The van der Waals surface area contributed by atoms with Crippen molar-refractivity contribution in [1.82, 2.24) is 10.0 Å². The highest BCUT2D eigenvalue weighted by molar-refractivity contribution is 6.29. The molecule has 0 amide bonds. The van der Waals surface area contributed by atoms with Crippen LogP contribution in [0.25, 0.3) is 0 Å². The Morgan fingerprint density at radius 1 is 0.935 bits per heavy atom. The van der Waals surface area contributed by atoms with Gasteiger partial charge in [0.25, 0.3) is 5.72 Å². The number of anilines is 1. The lowest BCUT2D eigenvalue weighted by atomic mass is 9.75. The molecule has 4 aliphatic rings. The fourth-order valence-electron chi connectivity index (χ4n) is 4.24. The quantitative estimate of drug-likeness (QED) is 0.440. The number of nitrogens with zero attached hydrogens (tertiary/aromatic N) is 3. The van der Waals surface area contributed by atoms with Crippen molar-refractivity contribution < 1.29 is 38.2 Å². The Morgan fingerprint density at radius 2 is 1.58 bits per heavy atom. The molecule has 0 aliphatic carbocycles. The molecule has 1 aromatic rings. The summed E-state index contributed by atoms with van der Waals surface area (Å²) < 4.78 is 16.9. The lowest BCUT2D eigenvalue weighted by Gasteiger charge is -2.66. The fraction of sp³-hybridized carbons (Fsp3) is 0.316. The normalized spacial score (nSPS) is 34.5. The smallest absolute Gasteiger partial charge is 0.415 e. The number of rotatable bonds is 1. The molecule has 0 N–H and O–H groups in total. The predicted molar refractivity (Wildman–Crippen MR) is 99.5 cm³/mol. The van der Waals surface area contributed by atoms with E-state index in [1.165, 1.54) is 12.3 Å². The molecule has 2 spiro atoms. The highest BCUT2D eigenvalue weighted by atomic mass is 35.5. The minimum atomic E-state index is -2.40. The molecule has 160 valence electrons. The first-order valence-corrected chi connectivity index (χ1v) is 9.66. The zero-order valence-electron chi connectivity index (χ0n) is 15.7. The fourth-order valence-corrected chi connectivity index (χ4v) is 4.36. The summed E-state index contributed by atoms with van der Waals surface area (Å²) in [6.07, 6.45) is 5.27. The molecule has 12 heteroatoms. The maximum atomic E-state index is 12.6. The van der Waals surface area contributed by atoms with Gasteiger partial charge >= 0.3 is 29.8 Å². The summed E-state index contributed by atoms with van der Waals surface area (Å²) in [6.45, 7) is 0.412. The van der Waals surface area contributed by atoms with Gasteiger partial charge in [0.2, 0.25) is 0 Å². The zero-order chi connectivity index (χ0) is 21.8. The van der Waals surface area contributed by atoms with Gasteiger partial charge in [-0.15, -0.1) is 0 Å². The van der Waals surface area contributed by atoms with Crippen molar-refractivity contribution in [2.75, 3.05) is 18.0 Å². The maximum Gasteiger partial charge on any atom is 0.415 e. The van der Waals surface area contributed by atoms with Gasteiger partial charge in [0, 0.05) is 43.3 Å². The SMILES string of the molecule is O=C1/C=C/C(=O)OC23OC(=O)/C=C/C(=O)O[C@@]24[C@H](CCN3O1)CN4c1ccc(Cl)nc1. The predicted octanol–water partition coefficient (Wildman–Crippen LogP) is 0.454. The minimum Gasteiger partial charge on any atom is -0.425 e. The van der Waals surface area contributed by atoms with Crippen molar-refractivity contribution in [3.8, 4) is 0 Å². The van der Waals surface area contributed by atoms with Gasteiger partial charge in [-0.25, -0.2) is 24.2 Å². The molecule has 5 heterocycles. The molecular weight excluding hydrogens is 434 g/mol. The number of halogens is 1. The van der Waals surface area contributed by atoms with E-state index in [9.17, 15) is 19.2 Å². The lowest BCUT2D eigenvalue weighted by Crippen LogP contribution is -2.87. The first-order valence-electron chi connectivity index (χ1n) is 9.28. The van der Waals surface area contributed by atoms with Gasteiger partial charge in [0.1, 0.15) is 5.15 Å². The van der Waals surface area contributed by atoms with E-state index in [0.717, 1.165) is 29.4 Å². The Hall–Kier alpha value is -3.44. The molecule has 2 saturated heterocycles. The number of esters is 3. The number of hydrogen-bond acceptors (Lipinski definition) is 11. The molecule has 0 bridgehead atoms. The van der Waals surface area contributed by atoms with Crippen LogP contribution in [-0.4, -0.2) is 58.6 Å². The third kappa shape index (κ3) is 2.81. The van der Waals surface area contributed by atoms with Crippen molar-refractivity contribution in [1.29, 1.82) is 0 Å². The molecule has 1 unspecified atom stereocenters. The third-order valence-corrected chi connectivity index (χ3v) is 5.71. The van der Waals surface area contributed by atoms with Crippen LogP contribution in [0.4, 0.5) is 5.69 Å². The second-order valence-corrected chi connectivity index (χ2v) is 7.54. The molecule has 5 rings (SSSR count). The van der Waals surface area contributed by atoms with Gasteiger partial charge in [-0.05, 0) is 18.6 Å². The van der Waals surface area contributed by atoms with Gasteiger partial charge in [-0.3, -0.25) is 0 Å². The number of pyridine rings is 1. The van der Waals surface area contributed by atoms with Gasteiger partial charge in [0.05, 0.1) is 11.9 Å². The van der Waals surface area contributed by atoms with Crippen LogP contribution >= 0.6 is 11.6 Å². The van der Waals surface area contributed by atoms with Gasteiger partial charge in [-0.1, -0.05) is 16.7 Å². The van der Waals surface area contributed by atoms with E-state index in [1.807, 2.05) is 0 Å². The molecule has 11 nitrogen and oxygen atoms in total. The number of piperidine rings is 1. The highest BCUT2D eigenvalue weighted by Gasteiger charge is 2.80. The monoisotopic (exact) mass is 447 g/mol. The van der Waals surface area contributed by atoms with E-state index in [-0.39, 0.29) is 11.7 Å². The number of aromatic nitrogens is 1. The number of hydrogen-bond donors (Lipinski definition) is 0. The molecule has 0 saturated carbocycles. The number of ether oxygens (including phenoxy) is 3. The van der Waals surface area contributed by atoms with Gasteiger partial charge in [-0.2, -0.15) is 0 Å². The Bertz CT molecular complexity index is 1040. The van der Waals surface area contributed by atoms with E-state index in [1.54, 1.807) is 11.0 Å². The van der Waals surface area contributed by atoms with E-state index >= 15 is 0 Å². The van der Waals surface area contributed by atoms with Crippen LogP contribution in [0, 0.1) is 5.92 Å². The molecular formula is C19H14ClN3O8. The van der Waals surface area contributed by atoms with Crippen molar-refractivity contribution in [2.45, 2.75) is 18.1 Å². The Balaban J connectivity index is 1.73. The van der Waals surface area contributed by atoms with E-state index in [0.29, 0.717) is 18.7 Å². The summed E-state index contributed by atoms with van der Waals surface area (Å²) in [6, 6.07) is 3.14. The van der Waals surface area contributed by atoms with Crippen LogP contribution in [0.5, 0.6) is 0 Å². The van der Waals surface area contributed by atoms with Crippen LogP contribution in [0.3, 0.4) is 0 Å². The average Bonchev–Trinajstić information content (AvgIpc) is 2.71. The van der Waals surface area contributed by atoms with E-state index < -0.39 is 41.4 Å². The van der Waals surface area contributed by atoms with Crippen LogP contribution in [0.15, 0.2) is 42.6 Å². The summed E-state index contributed by atoms with van der Waals surface area (Å²) in [7, 11) is 0. The summed E-state index contributed by atoms with van der Waals surface area (Å²) in [5, 5.41) is 1.16. The zero-order valence-corrected chi connectivity index (χ0v) is 16.5. The van der Waals surface area contributed by atoms with E-state index in [4.69, 9.17) is 30.6 Å². The number of carbonyl (C=O) groups excluding carboxylic acids is 4. The summed E-state index contributed by atoms with van der Waals surface area (Å²) >= 11 is 5.89. The first-order chi connectivity index (χ1) is 14.8. The number of carbonyl (C=O) groups is 4. The molecule has 4 aliphatic heterocycles. The third-order valence-electron chi connectivity index (χ3n) is 5.49. The van der Waals surface area contributed by atoms with Crippen molar-refractivity contribution in [3.05, 3.63) is 47.8 Å². The molecule has 0 aromatic carbocycles. The Kier molecular flexibility index (Phi) is 4.27. The standard InChI is InChI=1S/C19H14ClN3O8/c20-13-2-1-12(9-21-13)22-10-11-7-8-23-19(30-16(26)5-6-17(27)31-23)18(11,22)28-14(24)3-4-15(25)29-19/h1-6,9,11H,7-8,10H2/b4-3+,6-5+/t11-,18+,19?/m1/s1. The molecule has 2 fully saturated rings. The second kappa shape index (κ2) is 6.79. The molecule has 1 aromatic heterocycles. The Morgan fingerprint density at radius 3 is 2.23 bits per heavy atom. The largest absolute Gasteiger partial charge is 0.425 e. The van der Waals surface area contributed by atoms with Gasteiger partial charge in [0.15, 0.2) is 0 Å². The summed E-state index contributed by atoms with van der Waals surface area (Å²) in [5.74, 6) is -6.56. The van der Waals surface area contributed by atoms with Crippen LogP contribution in [0.2, 0.25) is 5.15 Å². The lowest BCUT2D eigenvalue weighted by molar-refractivity contribution is -0.448. The van der Waals surface area contributed by atoms with Crippen LogP contribution in [0.1, 0.15) is 6.42 Å². The first kappa shape index (κ1) is 19.5. The topological polar surface area (TPSA) is 125 Å². The molecule has 31 heavy (non-hydrogen) atoms. The van der Waals surface area contributed by atoms with Crippen molar-refractivity contribution >= 4 is 41.2 Å². The number of hydroxylamine groups is 2. The van der Waals surface area contributed by atoms with Crippen molar-refractivity contribution in [2.24, 2.45) is 5.92 Å². The molecule has 0 radical (unpaired) electrons. The average molecular weight is 448 g/mol. The summed E-state index contributed by atoms with van der Waals surface area (Å²) in [5.41, 5.74) is -1.39.